The van der Waals surface area contributed by atoms with E-state index in [1.54, 1.807) is 6.20 Å². The second-order valence-electron chi connectivity index (χ2n) is 5.59. The highest BCUT2D eigenvalue weighted by atomic mass is 16.3. The van der Waals surface area contributed by atoms with Gasteiger partial charge in [0.05, 0.1) is 12.7 Å². The number of aromatic nitrogens is 1. The van der Waals surface area contributed by atoms with Gasteiger partial charge < -0.3 is 15.1 Å². The number of pyridine rings is 1. The first-order valence-corrected chi connectivity index (χ1v) is 7.11. The number of benzene rings is 1. The molecule has 0 aliphatic carbocycles. The first-order chi connectivity index (χ1) is 9.70. The number of hydrogen-bond donors (Lipinski definition) is 2. The summed E-state index contributed by atoms with van der Waals surface area (Å²) < 4.78 is 0. The Balaban J connectivity index is 2.04. The molecule has 2 unspecified atom stereocenters. The van der Waals surface area contributed by atoms with E-state index >= 15 is 0 Å². The maximum Gasteiger partial charge on any atom is 0.136 e. The smallest absolute Gasteiger partial charge is 0.136 e. The molecule has 2 aromatic rings. The van der Waals surface area contributed by atoms with Crippen LogP contribution in [0, 0.1) is 5.92 Å². The van der Waals surface area contributed by atoms with E-state index in [4.69, 9.17) is 0 Å². The topological polar surface area (TPSA) is 56.6 Å². The minimum absolute atomic E-state index is 0.00289. The predicted octanol–water partition coefficient (Wildman–Crippen LogP) is 1.93. The first-order valence-electron chi connectivity index (χ1n) is 7.11. The molecule has 0 radical (unpaired) electrons. The number of piperidine rings is 1. The zero-order chi connectivity index (χ0) is 14.1. The third-order valence-electron chi connectivity index (χ3n) is 4.19. The summed E-state index contributed by atoms with van der Waals surface area (Å²) in [5.74, 6) is 1.21. The average molecular weight is 272 g/mol. The van der Waals surface area contributed by atoms with Crippen molar-refractivity contribution >= 4 is 16.6 Å². The Hall–Kier alpha value is -1.65. The highest BCUT2D eigenvalue weighted by Crippen LogP contribution is 2.30. The molecular formula is C16H20N2O2. The van der Waals surface area contributed by atoms with E-state index in [9.17, 15) is 10.2 Å². The fraction of sp³-hybridized carbons (Fsp3) is 0.438. The van der Waals surface area contributed by atoms with E-state index in [0.29, 0.717) is 0 Å². The van der Waals surface area contributed by atoms with E-state index in [-0.39, 0.29) is 18.6 Å². The molecule has 1 saturated heterocycles. The van der Waals surface area contributed by atoms with Gasteiger partial charge in [-0.15, -0.1) is 0 Å². The molecule has 1 aliphatic heterocycles. The molecule has 1 aliphatic rings. The van der Waals surface area contributed by atoms with E-state index < -0.39 is 0 Å². The van der Waals surface area contributed by atoms with Gasteiger partial charge in [-0.3, -0.25) is 0 Å². The van der Waals surface area contributed by atoms with Gasteiger partial charge in [-0.1, -0.05) is 31.2 Å². The Bertz CT molecular complexity index is 614. The van der Waals surface area contributed by atoms with Crippen LogP contribution in [0.4, 0.5) is 5.82 Å². The second kappa shape index (κ2) is 5.38. The van der Waals surface area contributed by atoms with Crippen LogP contribution in [0.2, 0.25) is 0 Å². The van der Waals surface area contributed by atoms with Crippen molar-refractivity contribution in [1.29, 1.82) is 0 Å². The maximum atomic E-state index is 9.86. The van der Waals surface area contributed by atoms with Crippen molar-refractivity contribution in [3.05, 3.63) is 36.0 Å². The molecule has 0 spiro atoms. The number of hydrogen-bond acceptors (Lipinski definition) is 4. The maximum absolute atomic E-state index is 9.86. The van der Waals surface area contributed by atoms with Crippen molar-refractivity contribution in [3.8, 4) is 0 Å². The Morgan fingerprint density at radius 3 is 2.75 bits per heavy atom. The molecule has 0 amide bonds. The van der Waals surface area contributed by atoms with Crippen molar-refractivity contribution in [2.24, 2.45) is 5.92 Å². The van der Waals surface area contributed by atoms with Gasteiger partial charge in [0.1, 0.15) is 5.82 Å². The Labute approximate surface area is 118 Å². The van der Waals surface area contributed by atoms with Crippen LogP contribution in [-0.4, -0.2) is 34.4 Å². The summed E-state index contributed by atoms with van der Waals surface area (Å²) >= 11 is 0. The van der Waals surface area contributed by atoms with Crippen molar-refractivity contribution in [1.82, 2.24) is 4.98 Å². The van der Waals surface area contributed by atoms with Crippen LogP contribution in [0.3, 0.4) is 0 Å². The highest BCUT2D eigenvalue weighted by Gasteiger charge is 2.26. The molecule has 2 N–H and O–H groups in total. The van der Waals surface area contributed by atoms with Gasteiger partial charge in [-0.2, -0.15) is 0 Å². The molecule has 2 atom stereocenters. The van der Waals surface area contributed by atoms with Gasteiger partial charge in [0.2, 0.25) is 0 Å². The Kier molecular flexibility index (Phi) is 3.59. The number of aliphatic hydroxyl groups is 2. The van der Waals surface area contributed by atoms with E-state index in [1.807, 2.05) is 24.3 Å². The number of fused-ring (bicyclic) bond motifs is 1. The zero-order valence-corrected chi connectivity index (χ0v) is 11.7. The third kappa shape index (κ3) is 2.25. The van der Waals surface area contributed by atoms with Crippen molar-refractivity contribution < 1.29 is 10.2 Å². The lowest BCUT2D eigenvalue weighted by Gasteiger charge is -2.35. The highest BCUT2D eigenvalue weighted by molar-refractivity contribution is 5.94. The minimum Gasteiger partial charge on any atom is -0.393 e. The molecule has 1 aromatic carbocycles. The molecular weight excluding hydrogens is 252 g/mol. The monoisotopic (exact) mass is 272 g/mol. The quantitative estimate of drug-likeness (QED) is 0.877. The Morgan fingerprint density at radius 2 is 2.05 bits per heavy atom. The van der Waals surface area contributed by atoms with Crippen LogP contribution < -0.4 is 4.90 Å². The Morgan fingerprint density at radius 1 is 1.30 bits per heavy atom. The van der Waals surface area contributed by atoms with Crippen molar-refractivity contribution in [2.45, 2.75) is 26.1 Å². The first kappa shape index (κ1) is 13.3. The van der Waals surface area contributed by atoms with Crippen LogP contribution in [0.5, 0.6) is 0 Å². The summed E-state index contributed by atoms with van der Waals surface area (Å²) in [5.41, 5.74) is 0.856. The van der Waals surface area contributed by atoms with E-state index in [2.05, 4.69) is 16.8 Å². The summed E-state index contributed by atoms with van der Waals surface area (Å²) in [6.45, 7) is 3.71. The molecule has 3 rings (SSSR count). The van der Waals surface area contributed by atoms with Crippen LogP contribution >= 0.6 is 0 Å². The van der Waals surface area contributed by atoms with E-state index in [0.717, 1.165) is 41.7 Å². The number of aliphatic hydroxyl groups excluding tert-OH is 2. The third-order valence-corrected chi connectivity index (χ3v) is 4.19. The molecule has 1 aromatic heterocycles. The fourth-order valence-electron chi connectivity index (χ4n) is 2.94. The summed E-state index contributed by atoms with van der Waals surface area (Å²) in [7, 11) is 0. The SMILES string of the molecule is CC1CN(c2ncc(CO)c3ccccc23)CCC1O. The minimum atomic E-state index is -0.214. The molecule has 0 saturated carbocycles. The van der Waals surface area contributed by atoms with Crippen LogP contribution in [0.25, 0.3) is 10.8 Å². The van der Waals surface area contributed by atoms with E-state index in [1.165, 1.54) is 0 Å². The van der Waals surface area contributed by atoms with Crippen molar-refractivity contribution in [2.75, 3.05) is 18.0 Å². The summed E-state index contributed by atoms with van der Waals surface area (Å²) in [6.07, 6.45) is 2.32. The molecule has 4 nitrogen and oxygen atoms in total. The lowest BCUT2D eigenvalue weighted by molar-refractivity contribution is 0.0969. The predicted molar refractivity (Wildman–Crippen MR) is 79.7 cm³/mol. The van der Waals surface area contributed by atoms with Gasteiger partial charge >= 0.3 is 0 Å². The summed E-state index contributed by atoms with van der Waals surface area (Å²) in [6, 6.07) is 8.05. The summed E-state index contributed by atoms with van der Waals surface area (Å²) in [4.78, 5) is 6.78. The van der Waals surface area contributed by atoms with Gasteiger partial charge in [-0.05, 0) is 17.7 Å². The van der Waals surface area contributed by atoms with Crippen LogP contribution in [-0.2, 0) is 6.61 Å². The normalized spacial score (nSPS) is 23.2. The van der Waals surface area contributed by atoms with Gasteiger partial charge in [0.25, 0.3) is 0 Å². The molecule has 1 fully saturated rings. The lowest BCUT2D eigenvalue weighted by Crippen LogP contribution is -2.42. The number of nitrogens with zero attached hydrogens (tertiary/aromatic N) is 2. The number of rotatable bonds is 2. The second-order valence-corrected chi connectivity index (χ2v) is 5.59. The average Bonchev–Trinajstić information content (AvgIpc) is 2.49. The van der Waals surface area contributed by atoms with Crippen LogP contribution in [0.15, 0.2) is 30.5 Å². The molecule has 2 heterocycles. The van der Waals surface area contributed by atoms with Gasteiger partial charge in [0, 0.05) is 30.2 Å². The molecule has 0 bridgehead atoms. The van der Waals surface area contributed by atoms with Gasteiger partial charge in [0.15, 0.2) is 0 Å². The standard InChI is InChI=1S/C16H20N2O2/c1-11-9-18(7-6-15(11)20)16-14-5-3-2-4-13(14)12(10-19)8-17-16/h2-5,8,11,15,19-20H,6-7,9-10H2,1H3. The molecule has 106 valence electrons. The lowest BCUT2D eigenvalue weighted by atomic mass is 9.96. The van der Waals surface area contributed by atoms with Crippen LogP contribution in [0.1, 0.15) is 18.9 Å². The molecule has 4 heteroatoms. The zero-order valence-electron chi connectivity index (χ0n) is 11.7. The number of anilines is 1. The molecule has 20 heavy (non-hydrogen) atoms. The fourth-order valence-corrected chi connectivity index (χ4v) is 2.94. The largest absolute Gasteiger partial charge is 0.393 e. The summed E-state index contributed by atoms with van der Waals surface area (Å²) in [5, 5.41) is 21.4. The van der Waals surface area contributed by atoms with Gasteiger partial charge in [-0.25, -0.2) is 4.98 Å². The van der Waals surface area contributed by atoms with Crippen molar-refractivity contribution in [3.63, 3.8) is 0 Å².